The van der Waals surface area contributed by atoms with Gasteiger partial charge in [-0.1, -0.05) is 30.3 Å². The van der Waals surface area contributed by atoms with E-state index in [1.807, 2.05) is 6.07 Å². The average molecular weight is 498 g/mol. The Labute approximate surface area is 201 Å². The summed E-state index contributed by atoms with van der Waals surface area (Å²) in [5.74, 6) is 0.178. The molecule has 1 unspecified atom stereocenters. The highest BCUT2D eigenvalue weighted by atomic mass is 35.5. The smallest absolute Gasteiger partial charge is 0.410 e. The molecular formula is C23H27ClF3N5O2. The average Bonchev–Trinajstić information content (AvgIpc) is 3.10. The largest absolute Gasteiger partial charge is 0.444 e. The Morgan fingerprint density at radius 3 is 2.32 bits per heavy atom. The van der Waals surface area contributed by atoms with Gasteiger partial charge in [-0.15, -0.1) is 0 Å². The molecule has 1 saturated heterocycles. The third-order valence-electron chi connectivity index (χ3n) is 5.74. The molecule has 2 aliphatic rings. The quantitative estimate of drug-likeness (QED) is 0.567. The Bertz CT molecular complexity index is 1040. The predicted octanol–water partition coefficient (Wildman–Crippen LogP) is 4.81. The third kappa shape index (κ3) is 5.38. The number of ether oxygens (including phenoxy) is 1. The molecule has 11 heteroatoms. The topological polar surface area (TPSA) is 61.8 Å². The standard InChI is InChI=1S/C23H27ClF3N5O2/c1-22(2,3)34-21(33)31-11-9-30(10-12-31)19-17-16(28-20(24)29-19)14-32(18(17)23(25,26)27)13-15-7-5-4-6-8-15/h4-8,18H,9-14H2,1-3H3. The molecule has 1 aromatic carbocycles. The third-order valence-corrected chi connectivity index (χ3v) is 5.91. The summed E-state index contributed by atoms with van der Waals surface area (Å²) >= 11 is 6.14. The van der Waals surface area contributed by atoms with Gasteiger partial charge in [0.05, 0.1) is 5.69 Å². The molecule has 0 N–H and O–H groups in total. The fourth-order valence-corrected chi connectivity index (χ4v) is 4.53. The van der Waals surface area contributed by atoms with Crippen molar-refractivity contribution in [3.63, 3.8) is 0 Å². The molecule has 3 heterocycles. The number of alkyl halides is 3. The number of carbonyl (C=O) groups is 1. The number of piperazine rings is 1. The minimum absolute atomic E-state index is 0.0154. The van der Waals surface area contributed by atoms with Crippen molar-refractivity contribution in [3.05, 3.63) is 52.4 Å². The maximum absolute atomic E-state index is 14.3. The molecule has 0 saturated carbocycles. The number of nitrogens with zero attached hydrogens (tertiary/aromatic N) is 5. The molecule has 1 amide bonds. The Morgan fingerprint density at radius 2 is 1.74 bits per heavy atom. The first-order valence-corrected chi connectivity index (χ1v) is 11.4. The van der Waals surface area contributed by atoms with Gasteiger partial charge in [0, 0.05) is 44.8 Å². The number of fused-ring (bicyclic) bond motifs is 1. The molecular weight excluding hydrogens is 471 g/mol. The van der Waals surface area contributed by atoms with Crippen molar-refractivity contribution in [1.82, 2.24) is 19.8 Å². The maximum Gasteiger partial charge on any atom is 0.410 e. The molecule has 1 fully saturated rings. The summed E-state index contributed by atoms with van der Waals surface area (Å²) in [4.78, 5) is 25.4. The molecule has 184 valence electrons. The summed E-state index contributed by atoms with van der Waals surface area (Å²) in [5, 5.41) is -0.0918. The highest BCUT2D eigenvalue weighted by Crippen LogP contribution is 2.48. The van der Waals surface area contributed by atoms with E-state index in [1.165, 1.54) is 4.90 Å². The minimum atomic E-state index is -4.52. The van der Waals surface area contributed by atoms with Crippen molar-refractivity contribution < 1.29 is 22.7 Å². The highest BCUT2D eigenvalue weighted by Gasteiger charge is 2.52. The van der Waals surface area contributed by atoms with Crippen molar-refractivity contribution in [3.8, 4) is 0 Å². The van der Waals surface area contributed by atoms with Gasteiger partial charge in [0.15, 0.2) is 0 Å². The molecule has 1 aromatic heterocycles. The Morgan fingerprint density at radius 1 is 1.09 bits per heavy atom. The van der Waals surface area contributed by atoms with Gasteiger partial charge < -0.3 is 14.5 Å². The van der Waals surface area contributed by atoms with Crippen LogP contribution >= 0.6 is 11.6 Å². The van der Waals surface area contributed by atoms with E-state index in [2.05, 4.69) is 9.97 Å². The summed E-state index contributed by atoms with van der Waals surface area (Å²) in [6.07, 6.45) is -4.97. The first-order valence-electron chi connectivity index (χ1n) is 11.1. The second-order valence-corrected chi connectivity index (χ2v) is 9.80. The van der Waals surface area contributed by atoms with Crippen molar-refractivity contribution in [2.45, 2.75) is 51.7 Å². The lowest BCUT2D eigenvalue weighted by Crippen LogP contribution is -2.50. The molecule has 4 rings (SSSR count). The summed E-state index contributed by atoms with van der Waals surface area (Å²) in [6, 6.07) is 7.17. The Kier molecular flexibility index (Phi) is 6.65. The monoisotopic (exact) mass is 497 g/mol. The second-order valence-electron chi connectivity index (χ2n) is 9.47. The number of halogens is 4. The van der Waals surface area contributed by atoms with Gasteiger partial charge in [-0.3, -0.25) is 4.90 Å². The molecule has 2 aliphatic heterocycles. The van der Waals surface area contributed by atoms with Crippen LogP contribution in [0, 0.1) is 0 Å². The molecule has 0 aliphatic carbocycles. The molecule has 34 heavy (non-hydrogen) atoms. The molecule has 2 aromatic rings. The number of carbonyl (C=O) groups excluding carboxylic acids is 1. The van der Waals surface area contributed by atoms with Gasteiger partial charge in [0.25, 0.3) is 0 Å². The van der Waals surface area contributed by atoms with Crippen LogP contribution in [0.15, 0.2) is 30.3 Å². The van der Waals surface area contributed by atoms with Crippen LogP contribution in [-0.4, -0.2) is 63.8 Å². The van der Waals surface area contributed by atoms with E-state index in [0.29, 0.717) is 26.2 Å². The predicted molar refractivity (Wildman–Crippen MR) is 122 cm³/mol. The summed E-state index contributed by atoms with van der Waals surface area (Å²) < 4.78 is 48.5. The van der Waals surface area contributed by atoms with Crippen LogP contribution in [0.5, 0.6) is 0 Å². The van der Waals surface area contributed by atoms with Gasteiger partial charge in [0.2, 0.25) is 5.28 Å². The number of benzene rings is 1. The Balaban J connectivity index is 1.59. The zero-order valence-electron chi connectivity index (χ0n) is 19.3. The zero-order chi connectivity index (χ0) is 24.7. The van der Waals surface area contributed by atoms with Crippen molar-refractivity contribution >= 4 is 23.5 Å². The second kappa shape index (κ2) is 9.22. The molecule has 0 bridgehead atoms. The van der Waals surface area contributed by atoms with Gasteiger partial charge in [-0.2, -0.15) is 13.2 Å². The first-order chi connectivity index (χ1) is 15.9. The van der Waals surface area contributed by atoms with E-state index in [1.54, 1.807) is 54.8 Å². The summed E-state index contributed by atoms with van der Waals surface area (Å²) in [5.41, 5.74) is 0.467. The highest BCUT2D eigenvalue weighted by molar-refractivity contribution is 6.28. The van der Waals surface area contributed by atoms with Gasteiger partial charge in [0.1, 0.15) is 17.5 Å². The normalized spacial score (nSPS) is 19.3. The molecule has 0 radical (unpaired) electrons. The van der Waals surface area contributed by atoms with Crippen molar-refractivity contribution in [2.24, 2.45) is 0 Å². The lowest BCUT2D eigenvalue weighted by atomic mass is 10.1. The number of anilines is 1. The van der Waals surface area contributed by atoms with Crippen LogP contribution < -0.4 is 4.90 Å². The molecule has 7 nitrogen and oxygen atoms in total. The fraction of sp³-hybridized carbons (Fsp3) is 0.522. The first kappa shape index (κ1) is 24.5. The van der Waals surface area contributed by atoms with Crippen LogP contribution in [0.1, 0.15) is 43.6 Å². The number of aromatic nitrogens is 2. The van der Waals surface area contributed by atoms with E-state index in [9.17, 15) is 18.0 Å². The fourth-order valence-electron chi connectivity index (χ4n) is 4.34. The van der Waals surface area contributed by atoms with Gasteiger partial charge in [-0.05, 0) is 37.9 Å². The van der Waals surface area contributed by atoms with Crippen LogP contribution in [0.25, 0.3) is 0 Å². The lowest BCUT2D eigenvalue weighted by Gasteiger charge is -2.37. The summed E-state index contributed by atoms with van der Waals surface area (Å²) in [7, 11) is 0. The van der Waals surface area contributed by atoms with Crippen LogP contribution in [0.4, 0.5) is 23.8 Å². The van der Waals surface area contributed by atoms with Gasteiger partial charge in [-0.25, -0.2) is 14.8 Å². The van der Waals surface area contributed by atoms with E-state index in [4.69, 9.17) is 16.3 Å². The van der Waals surface area contributed by atoms with Crippen LogP contribution in [-0.2, 0) is 17.8 Å². The minimum Gasteiger partial charge on any atom is -0.444 e. The maximum atomic E-state index is 14.3. The molecule has 1 atom stereocenters. The van der Waals surface area contributed by atoms with E-state index in [-0.39, 0.29) is 35.4 Å². The lowest BCUT2D eigenvalue weighted by molar-refractivity contribution is -0.185. The SMILES string of the molecule is CC(C)(C)OC(=O)N1CCN(c2nc(Cl)nc3c2C(C(F)(F)F)N(Cc2ccccc2)C3)CC1. The number of hydrogen-bond donors (Lipinski definition) is 0. The van der Waals surface area contributed by atoms with E-state index >= 15 is 0 Å². The van der Waals surface area contributed by atoms with E-state index in [0.717, 1.165) is 5.56 Å². The molecule has 0 spiro atoms. The van der Waals surface area contributed by atoms with Gasteiger partial charge >= 0.3 is 12.3 Å². The van der Waals surface area contributed by atoms with E-state index < -0.39 is 23.9 Å². The number of hydrogen-bond acceptors (Lipinski definition) is 6. The number of rotatable bonds is 3. The Hall–Kier alpha value is -2.59. The summed E-state index contributed by atoms with van der Waals surface area (Å²) in [6.45, 7) is 6.70. The van der Waals surface area contributed by atoms with Crippen molar-refractivity contribution in [1.29, 1.82) is 0 Å². The van der Waals surface area contributed by atoms with Crippen LogP contribution in [0.3, 0.4) is 0 Å². The van der Waals surface area contributed by atoms with Crippen molar-refractivity contribution in [2.75, 3.05) is 31.1 Å². The zero-order valence-corrected chi connectivity index (χ0v) is 20.0. The number of amides is 1. The van der Waals surface area contributed by atoms with Crippen LogP contribution in [0.2, 0.25) is 5.28 Å².